The van der Waals surface area contributed by atoms with E-state index in [2.05, 4.69) is 35.8 Å². The third-order valence-corrected chi connectivity index (χ3v) is 4.18. The van der Waals surface area contributed by atoms with Gasteiger partial charge >= 0.3 is 6.03 Å². The summed E-state index contributed by atoms with van der Waals surface area (Å²) < 4.78 is 23.0. The van der Waals surface area contributed by atoms with E-state index in [1.54, 1.807) is 10.9 Å². The molecule has 0 unspecified atom stereocenters. The molecule has 0 aliphatic heterocycles. The van der Waals surface area contributed by atoms with Gasteiger partial charge in [0.2, 0.25) is 5.88 Å². The van der Waals surface area contributed by atoms with Crippen LogP contribution in [-0.4, -0.2) is 40.5 Å². The Balaban J connectivity index is 1.45. The van der Waals surface area contributed by atoms with Crippen LogP contribution in [0, 0.1) is 5.82 Å². The fourth-order valence-corrected chi connectivity index (χ4v) is 2.63. The molecule has 4 rings (SSSR count). The molecule has 4 aromatic rings. The topological polar surface area (TPSA) is 125 Å². The summed E-state index contributed by atoms with van der Waals surface area (Å²) >= 11 is 0. The van der Waals surface area contributed by atoms with E-state index in [4.69, 9.17) is 4.74 Å². The number of hydrogen-bond donors (Lipinski definition) is 2. The Morgan fingerprint density at radius 3 is 2.72 bits per heavy atom. The average molecular weight is 437 g/mol. The summed E-state index contributed by atoms with van der Waals surface area (Å²) in [6.07, 6.45) is 7.50. The molecule has 2 amide bonds. The third kappa shape index (κ3) is 4.86. The molecule has 12 heteroatoms. The first kappa shape index (κ1) is 20.9. The SMILES string of the molecule is CC(C)(C)n1cc(NC(=O)Nc2cc(Oc3ccnc(-n4cncn4)n3)ccc2F)cn1. The molecule has 0 aliphatic rings. The van der Waals surface area contributed by atoms with Gasteiger partial charge < -0.3 is 15.4 Å². The van der Waals surface area contributed by atoms with Crippen LogP contribution < -0.4 is 15.4 Å². The first-order valence-electron chi connectivity index (χ1n) is 9.56. The molecule has 0 radical (unpaired) electrons. The number of nitrogens with zero attached hydrogens (tertiary/aromatic N) is 7. The largest absolute Gasteiger partial charge is 0.439 e. The van der Waals surface area contributed by atoms with Crippen molar-refractivity contribution in [2.75, 3.05) is 10.6 Å². The number of halogens is 1. The number of aromatic nitrogens is 7. The third-order valence-electron chi connectivity index (χ3n) is 4.18. The maximum absolute atomic E-state index is 14.3. The van der Waals surface area contributed by atoms with Crippen molar-refractivity contribution in [1.29, 1.82) is 0 Å². The second-order valence-electron chi connectivity index (χ2n) is 7.70. The molecule has 32 heavy (non-hydrogen) atoms. The highest BCUT2D eigenvalue weighted by molar-refractivity contribution is 5.99. The maximum Gasteiger partial charge on any atom is 0.323 e. The standard InChI is InChI=1S/C20H20FN9O2/c1-20(2,3)30-10-13(9-24-30)26-19(31)27-16-8-14(4-5-15(16)21)32-17-6-7-23-18(28-17)29-12-22-11-25-29/h4-12H,1-3H3,(H2,26,27,31). The normalized spacial score (nSPS) is 11.2. The van der Waals surface area contributed by atoms with Gasteiger partial charge in [-0.3, -0.25) is 4.68 Å². The second kappa shape index (κ2) is 8.41. The van der Waals surface area contributed by atoms with Crippen molar-refractivity contribution in [3.63, 3.8) is 0 Å². The zero-order valence-corrected chi connectivity index (χ0v) is 17.5. The van der Waals surface area contributed by atoms with Crippen LogP contribution in [0.4, 0.5) is 20.6 Å². The lowest BCUT2D eigenvalue weighted by Crippen LogP contribution is -2.22. The monoisotopic (exact) mass is 437 g/mol. The van der Waals surface area contributed by atoms with E-state index in [1.165, 1.54) is 54.0 Å². The molecule has 2 N–H and O–H groups in total. The van der Waals surface area contributed by atoms with E-state index >= 15 is 0 Å². The summed E-state index contributed by atoms with van der Waals surface area (Å²) in [5.41, 5.74) is 0.184. The molecule has 1 aromatic carbocycles. The first-order valence-corrected chi connectivity index (χ1v) is 9.56. The highest BCUT2D eigenvalue weighted by Crippen LogP contribution is 2.26. The molecular weight excluding hydrogens is 417 g/mol. The molecule has 0 spiro atoms. The van der Waals surface area contributed by atoms with Gasteiger partial charge in [0.25, 0.3) is 5.95 Å². The van der Waals surface area contributed by atoms with Gasteiger partial charge in [-0.05, 0) is 32.9 Å². The summed E-state index contributed by atoms with van der Waals surface area (Å²) in [4.78, 5) is 24.5. The van der Waals surface area contributed by atoms with Crippen LogP contribution in [0.25, 0.3) is 5.95 Å². The fourth-order valence-electron chi connectivity index (χ4n) is 2.63. The minimum Gasteiger partial charge on any atom is -0.439 e. The van der Waals surface area contributed by atoms with Gasteiger partial charge in [0.1, 0.15) is 24.2 Å². The zero-order chi connectivity index (χ0) is 22.7. The van der Waals surface area contributed by atoms with E-state index in [9.17, 15) is 9.18 Å². The molecule has 3 aromatic heterocycles. The smallest absolute Gasteiger partial charge is 0.323 e. The lowest BCUT2D eigenvalue weighted by atomic mass is 10.1. The molecule has 0 aliphatic carbocycles. The van der Waals surface area contributed by atoms with E-state index in [-0.39, 0.29) is 28.8 Å². The summed E-state index contributed by atoms with van der Waals surface area (Å²) in [6.45, 7) is 5.95. The number of urea groups is 1. The predicted octanol–water partition coefficient (Wildman–Crippen LogP) is 3.58. The minimum atomic E-state index is -0.621. The summed E-state index contributed by atoms with van der Waals surface area (Å²) in [6, 6.07) is 4.87. The van der Waals surface area contributed by atoms with Gasteiger partial charge in [-0.1, -0.05) is 0 Å². The van der Waals surface area contributed by atoms with Gasteiger partial charge in [-0.15, -0.1) is 0 Å². The number of anilines is 2. The van der Waals surface area contributed by atoms with Crippen LogP contribution in [0.5, 0.6) is 11.6 Å². The lowest BCUT2D eigenvalue weighted by molar-refractivity contribution is 0.262. The van der Waals surface area contributed by atoms with Gasteiger partial charge in [-0.2, -0.15) is 19.9 Å². The van der Waals surface area contributed by atoms with Crippen molar-refractivity contribution in [1.82, 2.24) is 34.5 Å². The number of carbonyl (C=O) groups is 1. The highest BCUT2D eigenvalue weighted by Gasteiger charge is 2.15. The Morgan fingerprint density at radius 2 is 2.00 bits per heavy atom. The minimum absolute atomic E-state index is 0.0613. The van der Waals surface area contributed by atoms with Crippen LogP contribution in [-0.2, 0) is 5.54 Å². The van der Waals surface area contributed by atoms with Crippen molar-refractivity contribution in [3.05, 3.63) is 61.3 Å². The second-order valence-corrected chi connectivity index (χ2v) is 7.70. The molecule has 0 atom stereocenters. The number of ether oxygens (including phenoxy) is 1. The van der Waals surface area contributed by atoms with Crippen molar-refractivity contribution >= 4 is 17.4 Å². The molecule has 0 fully saturated rings. The van der Waals surface area contributed by atoms with Gasteiger partial charge in [0.05, 0.1) is 23.1 Å². The van der Waals surface area contributed by atoms with Crippen LogP contribution in [0.15, 0.2) is 55.5 Å². The van der Waals surface area contributed by atoms with Crippen molar-refractivity contribution in [2.24, 2.45) is 0 Å². The Kier molecular flexibility index (Phi) is 5.50. The number of hydrogen-bond acceptors (Lipinski definition) is 7. The number of rotatable bonds is 5. The average Bonchev–Trinajstić information content (AvgIpc) is 3.43. The Hall–Kier alpha value is -4.35. The maximum atomic E-state index is 14.3. The van der Waals surface area contributed by atoms with E-state index in [1.807, 2.05) is 20.8 Å². The molecule has 0 saturated heterocycles. The highest BCUT2D eigenvalue weighted by atomic mass is 19.1. The van der Waals surface area contributed by atoms with E-state index < -0.39 is 11.8 Å². The number of carbonyl (C=O) groups excluding carboxylic acids is 1. The van der Waals surface area contributed by atoms with Crippen molar-refractivity contribution in [2.45, 2.75) is 26.3 Å². The van der Waals surface area contributed by atoms with E-state index in [0.29, 0.717) is 5.69 Å². The molecule has 3 heterocycles. The number of nitrogens with one attached hydrogen (secondary N) is 2. The van der Waals surface area contributed by atoms with Crippen LogP contribution >= 0.6 is 0 Å². The van der Waals surface area contributed by atoms with Crippen LogP contribution in [0.3, 0.4) is 0 Å². The van der Waals surface area contributed by atoms with Crippen LogP contribution in [0.1, 0.15) is 20.8 Å². The number of amides is 2. The van der Waals surface area contributed by atoms with Gasteiger partial charge in [-0.25, -0.2) is 19.2 Å². The van der Waals surface area contributed by atoms with Crippen molar-refractivity contribution in [3.8, 4) is 17.6 Å². The molecule has 11 nitrogen and oxygen atoms in total. The summed E-state index contributed by atoms with van der Waals surface area (Å²) in [5.74, 6) is 0.118. The lowest BCUT2D eigenvalue weighted by Gasteiger charge is -2.18. The first-order chi connectivity index (χ1) is 15.3. The molecule has 0 bridgehead atoms. The molecule has 164 valence electrons. The quantitative estimate of drug-likeness (QED) is 0.489. The summed E-state index contributed by atoms with van der Waals surface area (Å²) in [7, 11) is 0. The fraction of sp³-hybridized carbons (Fsp3) is 0.200. The van der Waals surface area contributed by atoms with Crippen LogP contribution in [0.2, 0.25) is 0 Å². The zero-order valence-electron chi connectivity index (χ0n) is 17.5. The Labute approximate surface area is 182 Å². The summed E-state index contributed by atoms with van der Waals surface area (Å²) in [5, 5.41) is 13.3. The number of benzene rings is 1. The van der Waals surface area contributed by atoms with Crippen molar-refractivity contribution < 1.29 is 13.9 Å². The van der Waals surface area contributed by atoms with E-state index in [0.717, 1.165) is 0 Å². The Bertz CT molecular complexity index is 1230. The molecule has 0 saturated carbocycles. The van der Waals surface area contributed by atoms with Gasteiger partial charge in [0, 0.05) is 24.5 Å². The molecular formula is C20H20FN9O2. The predicted molar refractivity (Wildman–Crippen MR) is 113 cm³/mol. The van der Waals surface area contributed by atoms with Gasteiger partial charge in [0.15, 0.2) is 0 Å². The Morgan fingerprint density at radius 1 is 1.16 bits per heavy atom.